The lowest BCUT2D eigenvalue weighted by molar-refractivity contribution is -0.385. The average molecular weight is 460 g/mol. The Morgan fingerprint density at radius 2 is 1.76 bits per heavy atom. The fraction of sp³-hybridized carbons (Fsp3) is 0.250. The Morgan fingerprint density at radius 1 is 1.09 bits per heavy atom. The van der Waals surface area contributed by atoms with Gasteiger partial charge in [0, 0.05) is 17.3 Å². The molecule has 0 spiro atoms. The minimum absolute atomic E-state index is 0.0477. The van der Waals surface area contributed by atoms with Gasteiger partial charge >= 0.3 is 5.69 Å². The number of ether oxygens (including phenoxy) is 1. The Kier molecular flexibility index (Phi) is 5.40. The molecule has 1 saturated heterocycles. The van der Waals surface area contributed by atoms with Crippen LogP contribution >= 0.6 is 0 Å². The molecule has 1 saturated carbocycles. The van der Waals surface area contributed by atoms with E-state index in [1.54, 1.807) is 30.3 Å². The zero-order valence-electron chi connectivity index (χ0n) is 17.9. The zero-order valence-corrected chi connectivity index (χ0v) is 17.9. The van der Waals surface area contributed by atoms with Crippen molar-refractivity contribution in [2.75, 3.05) is 11.9 Å². The van der Waals surface area contributed by atoms with Gasteiger partial charge < -0.3 is 10.1 Å². The second-order valence-electron chi connectivity index (χ2n) is 8.39. The number of rotatable bonds is 7. The minimum Gasteiger partial charge on any atom is -0.476 e. The summed E-state index contributed by atoms with van der Waals surface area (Å²) in [7, 11) is 0. The molecule has 1 aliphatic heterocycles. The van der Waals surface area contributed by atoms with Crippen LogP contribution in [-0.2, 0) is 14.4 Å². The van der Waals surface area contributed by atoms with Crippen molar-refractivity contribution in [1.29, 1.82) is 0 Å². The molecule has 1 heterocycles. The van der Waals surface area contributed by atoms with Crippen molar-refractivity contribution in [3.8, 4) is 5.75 Å². The van der Waals surface area contributed by atoms with Crippen LogP contribution in [-0.4, -0.2) is 40.5 Å². The molecule has 2 aliphatic carbocycles. The van der Waals surface area contributed by atoms with E-state index >= 15 is 0 Å². The average Bonchev–Trinajstić information content (AvgIpc) is 3.51. The third-order valence-electron chi connectivity index (χ3n) is 6.39. The molecule has 3 amide bonds. The number of amides is 3. The number of imide groups is 1. The maximum atomic E-state index is 12.8. The van der Waals surface area contributed by atoms with Crippen LogP contribution in [0.15, 0.2) is 65.8 Å². The van der Waals surface area contributed by atoms with E-state index < -0.39 is 29.3 Å². The normalized spacial score (nSPS) is 24.6. The summed E-state index contributed by atoms with van der Waals surface area (Å²) in [5.74, 6) is -2.12. The van der Waals surface area contributed by atoms with Crippen molar-refractivity contribution >= 4 is 35.3 Å². The van der Waals surface area contributed by atoms with Crippen LogP contribution in [0.3, 0.4) is 0 Å². The molecule has 4 atom stereocenters. The Morgan fingerprint density at radius 3 is 2.41 bits per heavy atom. The summed E-state index contributed by atoms with van der Waals surface area (Å²) < 4.78 is 5.51. The molecular weight excluding hydrogens is 440 g/mol. The number of carbonyl (C=O) groups is 3. The Bertz CT molecular complexity index is 1210. The summed E-state index contributed by atoms with van der Waals surface area (Å²) in [5, 5.41) is 19.1. The molecule has 2 aromatic rings. The van der Waals surface area contributed by atoms with Crippen LogP contribution in [0.5, 0.6) is 5.75 Å². The number of benzene rings is 2. The first-order valence-corrected chi connectivity index (χ1v) is 10.8. The number of para-hydroxylation sites is 2. The molecule has 2 fully saturated rings. The van der Waals surface area contributed by atoms with Crippen molar-refractivity contribution in [1.82, 2.24) is 5.01 Å². The maximum absolute atomic E-state index is 12.8. The van der Waals surface area contributed by atoms with Crippen molar-refractivity contribution in [3.05, 3.63) is 76.4 Å². The van der Waals surface area contributed by atoms with Gasteiger partial charge in [-0.1, -0.05) is 36.4 Å². The smallest absolute Gasteiger partial charge is 0.311 e. The van der Waals surface area contributed by atoms with Crippen LogP contribution < -0.4 is 10.1 Å². The molecular formula is C24H20N4O6. The van der Waals surface area contributed by atoms with Gasteiger partial charge in [-0.15, -0.1) is 0 Å². The summed E-state index contributed by atoms with van der Waals surface area (Å²) in [6.07, 6.45) is 5.95. The molecule has 10 nitrogen and oxygen atoms in total. The number of hydrogen-bond acceptors (Lipinski definition) is 7. The zero-order chi connectivity index (χ0) is 23.8. The molecule has 172 valence electrons. The van der Waals surface area contributed by atoms with Gasteiger partial charge in [-0.3, -0.25) is 24.5 Å². The lowest BCUT2D eigenvalue weighted by Crippen LogP contribution is -2.28. The summed E-state index contributed by atoms with van der Waals surface area (Å²) in [5.41, 5.74) is 0.357. The van der Waals surface area contributed by atoms with Gasteiger partial charge in [-0.05, 0) is 36.5 Å². The number of nitrogens with zero attached hydrogens (tertiary/aromatic N) is 3. The molecule has 1 N–H and O–H groups in total. The SMILES string of the molecule is O=C(COc1c(C=NN2C(=O)C3C4C=CC(C4)C3C2=O)cccc1[N+](=O)[O-])Nc1ccccc1. The molecule has 5 rings (SSSR count). The van der Waals surface area contributed by atoms with E-state index in [1.807, 2.05) is 12.2 Å². The van der Waals surface area contributed by atoms with Gasteiger partial charge in [0.05, 0.1) is 23.0 Å². The van der Waals surface area contributed by atoms with Crippen LogP contribution in [0.25, 0.3) is 0 Å². The van der Waals surface area contributed by atoms with Crippen LogP contribution in [0.1, 0.15) is 12.0 Å². The van der Waals surface area contributed by atoms with Gasteiger partial charge in [-0.25, -0.2) is 0 Å². The van der Waals surface area contributed by atoms with E-state index in [4.69, 9.17) is 4.74 Å². The molecule has 10 heteroatoms. The largest absolute Gasteiger partial charge is 0.476 e. The molecule has 34 heavy (non-hydrogen) atoms. The first-order chi connectivity index (χ1) is 16.4. The first kappa shape index (κ1) is 21.5. The molecule has 2 aromatic carbocycles. The summed E-state index contributed by atoms with van der Waals surface area (Å²) in [6, 6.07) is 12.9. The quantitative estimate of drug-likeness (QED) is 0.222. The van der Waals surface area contributed by atoms with E-state index in [2.05, 4.69) is 10.4 Å². The second kappa shape index (κ2) is 8.54. The van der Waals surface area contributed by atoms with Crippen LogP contribution in [0.4, 0.5) is 11.4 Å². The number of nitrogens with one attached hydrogen (secondary N) is 1. The number of fused-ring (bicyclic) bond motifs is 5. The van der Waals surface area contributed by atoms with E-state index in [0.29, 0.717) is 5.69 Å². The van der Waals surface area contributed by atoms with Crippen LogP contribution in [0, 0.1) is 33.8 Å². The Labute approximate surface area is 194 Å². The molecule has 4 unspecified atom stereocenters. The van der Waals surface area contributed by atoms with Crippen molar-refractivity contribution in [2.24, 2.45) is 28.8 Å². The highest BCUT2D eigenvalue weighted by molar-refractivity contribution is 6.07. The van der Waals surface area contributed by atoms with Gasteiger partial charge in [-0.2, -0.15) is 10.1 Å². The molecule has 3 aliphatic rings. The molecule has 0 aromatic heterocycles. The molecule has 0 radical (unpaired) electrons. The first-order valence-electron chi connectivity index (χ1n) is 10.8. The summed E-state index contributed by atoms with van der Waals surface area (Å²) in [6.45, 7) is -0.485. The van der Waals surface area contributed by atoms with E-state index in [1.165, 1.54) is 24.4 Å². The summed E-state index contributed by atoms with van der Waals surface area (Å²) in [4.78, 5) is 48.8. The predicted octanol–water partition coefficient (Wildman–Crippen LogP) is 2.75. The van der Waals surface area contributed by atoms with Gasteiger partial charge in [0.25, 0.3) is 17.7 Å². The summed E-state index contributed by atoms with van der Waals surface area (Å²) >= 11 is 0. The highest BCUT2D eigenvalue weighted by Crippen LogP contribution is 2.52. The van der Waals surface area contributed by atoms with Gasteiger partial charge in [0.15, 0.2) is 6.61 Å². The number of anilines is 1. The Hall–Kier alpha value is -4.34. The number of allylic oxidation sites excluding steroid dienone is 2. The topological polar surface area (TPSA) is 131 Å². The van der Waals surface area contributed by atoms with E-state index in [9.17, 15) is 24.5 Å². The van der Waals surface area contributed by atoms with Crippen molar-refractivity contribution < 1.29 is 24.0 Å². The number of hydrazone groups is 1. The monoisotopic (exact) mass is 460 g/mol. The fourth-order valence-electron chi connectivity index (χ4n) is 4.92. The number of hydrogen-bond donors (Lipinski definition) is 1. The Balaban J connectivity index is 1.35. The maximum Gasteiger partial charge on any atom is 0.311 e. The lowest BCUT2D eigenvalue weighted by Gasteiger charge is -2.13. The minimum atomic E-state index is -0.637. The van der Waals surface area contributed by atoms with Crippen LogP contribution in [0.2, 0.25) is 0 Å². The standard InChI is InChI=1S/C24H20N4O6/c29-19(26-17-6-2-1-3-7-17)13-34-22-16(5-4-8-18(22)28(32)33)12-25-27-23(30)20-14-9-10-15(11-14)21(20)24(27)31/h1-10,12,14-15,20-21H,11,13H2,(H,26,29). The number of nitro benzene ring substituents is 1. The fourth-order valence-corrected chi connectivity index (χ4v) is 4.92. The predicted molar refractivity (Wildman–Crippen MR) is 121 cm³/mol. The van der Waals surface area contributed by atoms with Crippen molar-refractivity contribution in [2.45, 2.75) is 6.42 Å². The second-order valence-corrected chi connectivity index (χ2v) is 8.39. The molecule has 2 bridgehead atoms. The third kappa shape index (κ3) is 3.72. The van der Waals surface area contributed by atoms with Gasteiger partial charge in [0.2, 0.25) is 5.75 Å². The lowest BCUT2D eigenvalue weighted by atomic mass is 9.85. The highest BCUT2D eigenvalue weighted by Gasteiger charge is 2.59. The van der Waals surface area contributed by atoms with E-state index in [0.717, 1.165) is 11.4 Å². The number of carbonyl (C=O) groups excluding carboxylic acids is 3. The van der Waals surface area contributed by atoms with E-state index in [-0.39, 0.29) is 40.7 Å². The third-order valence-corrected chi connectivity index (χ3v) is 6.39. The highest BCUT2D eigenvalue weighted by atomic mass is 16.6. The van der Waals surface area contributed by atoms with Gasteiger partial charge in [0.1, 0.15) is 0 Å². The number of nitro groups is 1. The van der Waals surface area contributed by atoms with Crippen molar-refractivity contribution in [3.63, 3.8) is 0 Å².